The maximum absolute atomic E-state index is 5.29. The number of hydrogen-bond acceptors (Lipinski definition) is 3. The van der Waals surface area contributed by atoms with Gasteiger partial charge in [-0.25, -0.2) is 0 Å². The summed E-state index contributed by atoms with van der Waals surface area (Å²) in [6.45, 7) is 3.05. The van der Waals surface area contributed by atoms with Crippen molar-refractivity contribution in [1.29, 1.82) is 0 Å². The van der Waals surface area contributed by atoms with E-state index in [-0.39, 0.29) is 0 Å². The molecule has 3 rings (SSSR count). The molecule has 1 aliphatic rings. The molecule has 4 nitrogen and oxygen atoms in total. The summed E-state index contributed by atoms with van der Waals surface area (Å²) in [5.41, 5.74) is 3.81. The smallest absolute Gasteiger partial charge is 0.170 e. The first-order chi connectivity index (χ1) is 10.8. The van der Waals surface area contributed by atoms with E-state index in [0.29, 0.717) is 5.11 Å². The zero-order valence-corrected chi connectivity index (χ0v) is 13.3. The molecule has 0 atom stereocenters. The molecule has 1 aromatic heterocycles. The zero-order valence-electron chi connectivity index (χ0n) is 12.5. The molecular formula is C17H20N4S. The van der Waals surface area contributed by atoms with Crippen LogP contribution in [0.2, 0.25) is 0 Å². The van der Waals surface area contributed by atoms with Crippen LogP contribution < -0.4 is 15.5 Å². The Morgan fingerprint density at radius 2 is 2.00 bits per heavy atom. The molecule has 0 spiro atoms. The molecule has 22 heavy (non-hydrogen) atoms. The van der Waals surface area contributed by atoms with Gasteiger partial charge in [-0.1, -0.05) is 18.2 Å². The summed E-state index contributed by atoms with van der Waals surface area (Å²) in [6, 6.07) is 12.5. The fourth-order valence-corrected chi connectivity index (χ4v) is 2.94. The SMILES string of the molecule is S=C(NCCCN1CCc2ccccc21)Nc1ccncc1. The Morgan fingerprint density at radius 3 is 2.86 bits per heavy atom. The van der Waals surface area contributed by atoms with Crippen LogP contribution in [0.4, 0.5) is 11.4 Å². The minimum Gasteiger partial charge on any atom is -0.371 e. The highest BCUT2D eigenvalue weighted by Gasteiger charge is 2.17. The minimum atomic E-state index is 0.660. The van der Waals surface area contributed by atoms with Crippen molar-refractivity contribution in [3.8, 4) is 0 Å². The summed E-state index contributed by atoms with van der Waals surface area (Å²) in [5.74, 6) is 0. The van der Waals surface area contributed by atoms with E-state index >= 15 is 0 Å². The molecule has 1 aliphatic heterocycles. The molecule has 2 N–H and O–H groups in total. The summed E-state index contributed by atoms with van der Waals surface area (Å²) >= 11 is 5.29. The lowest BCUT2D eigenvalue weighted by molar-refractivity contribution is 0.730. The highest BCUT2D eigenvalue weighted by molar-refractivity contribution is 7.80. The molecule has 0 saturated heterocycles. The second-order valence-electron chi connectivity index (χ2n) is 5.34. The van der Waals surface area contributed by atoms with Crippen molar-refractivity contribution in [2.45, 2.75) is 12.8 Å². The summed E-state index contributed by atoms with van der Waals surface area (Å²) in [4.78, 5) is 6.44. The first-order valence-corrected chi connectivity index (χ1v) is 8.01. The van der Waals surface area contributed by atoms with Crippen LogP contribution in [0.5, 0.6) is 0 Å². The first kappa shape index (κ1) is 14.8. The van der Waals surface area contributed by atoms with E-state index in [1.807, 2.05) is 12.1 Å². The van der Waals surface area contributed by atoms with E-state index in [1.165, 1.54) is 11.3 Å². The van der Waals surface area contributed by atoms with Gasteiger partial charge in [0.15, 0.2) is 5.11 Å². The van der Waals surface area contributed by atoms with Gasteiger partial charge in [0.1, 0.15) is 0 Å². The second-order valence-corrected chi connectivity index (χ2v) is 5.74. The molecule has 114 valence electrons. The molecule has 0 fully saturated rings. The minimum absolute atomic E-state index is 0.660. The number of anilines is 2. The maximum Gasteiger partial charge on any atom is 0.170 e. The van der Waals surface area contributed by atoms with Crippen molar-refractivity contribution in [3.63, 3.8) is 0 Å². The molecule has 2 heterocycles. The van der Waals surface area contributed by atoms with E-state index in [9.17, 15) is 0 Å². The van der Waals surface area contributed by atoms with Crippen LogP contribution in [-0.4, -0.2) is 29.7 Å². The van der Waals surface area contributed by atoms with E-state index in [4.69, 9.17) is 12.2 Å². The summed E-state index contributed by atoms with van der Waals surface area (Å²) < 4.78 is 0. The molecule has 5 heteroatoms. The molecule has 0 unspecified atom stereocenters. The number of rotatable bonds is 5. The Kier molecular flexibility index (Phi) is 4.85. The van der Waals surface area contributed by atoms with Gasteiger partial charge < -0.3 is 15.5 Å². The molecule has 2 aromatic rings. The molecular weight excluding hydrogens is 292 g/mol. The van der Waals surface area contributed by atoms with Crippen molar-refractivity contribution in [3.05, 3.63) is 54.4 Å². The van der Waals surface area contributed by atoms with Crippen molar-refractivity contribution < 1.29 is 0 Å². The molecule has 0 bridgehead atoms. The van der Waals surface area contributed by atoms with E-state index in [2.05, 4.69) is 44.8 Å². The first-order valence-electron chi connectivity index (χ1n) is 7.61. The zero-order chi connectivity index (χ0) is 15.2. The lowest BCUT2D eigenvalue weighted by atomic mass is 10.2. The molecule has 0 amide bonds. The largest absolute Gasteiger partial charge is 0.371 e. The van der Waals surface area contributed by atoms with Crippen molar-refractivity contribution >= 4 is 28.7 Å². The number of para-hydroxylation sites is 1. The number of fused-ring (bicyclic) bond motifs is 1. The number of thiocarbonyl (C=S) groups is 1. The van der Waals surface area contributed by atoms with Crippen LogP contribution in [0.25, 0.3) is 0 Å². The molecule has 0 radical (unpaired) electrons. The summed E-state index contributed by atoms with van der Waals surface area (Å²) in [5, 5.41) is 7.07. The Morgan fingerprint density at radius 1 is 1.18 bits per heavy atom. The predicted molar refractivity (Wildman–Crippen MR) is 95.4 cm³/mol. The maximum atomic E-state index is 5.29. The third-order valence-electron chi connectivity index (χ3n) is 3.81. The number of hydrogen-bond donors (Lipinski definition) is 2. The molecule has 0 aliphatic carbocycles. The second kappa shape index (κ2) is 7.22. The van der Waals surface area contributed by atoms with Gasteiger partial charge in [-0.2, -0.15) is 0 Å². The lowest BCUT2D eigenvalue weighted by Gasteiger charge is -2.19. The highest BCUT2D eigenvalue weighted by atomic mass is 32.1. The highest BCUT2D eigenvalue weighted by Crippen LogP contribution is 2.27. The van der Waals surface area contributed by atoms with E-state index in [0.717, 1.165) is 38.2 Å². The van der Waals surface area contributed by atoms with Gasteiger partial charge in [0.25, 0.3) is 0 Å². The van der Waals surface area contributed by atoms with Crippen molar-refractivity contribution in [2.75, 3.05) is 29.9 Å². The third kappa shape index (κ3) is 3.74. The van der Waals surface area contributed by atoms with Crippen LogP contribution in [0.15, 0.2) is 48.8 Å². The number of nitrogens with one attached hydrogen (secondary N) is 2. The van der Waals surface area contributed by atoms with Crippen LogP contribution in [0.1, 0.15) is 12.0 Å². The average molecular weight is 312 g/mol. The van der Waals surface area contributed by atoms with Gasteiger partial charge in [-0.3, -0.25) is 4.98 Å². The number of pyridine rings is 1. The normalized spacial score (nSPS) is 12.8. The van der Waals surface area contributed by atoms with Gasteiger partial charge >= 0.3 is 0 Å². The van der Waals surface area contributed by atoms with Crippen molar-refractivity contribution in [2.24, 2.45) is 0 Å². The average Bonchev–Trinajstić information content (AvgIpc) is 2.96. The topological polar surface area (TPSA) is 40.2 Å². The van der Waals surface area contributed by atoms with Gasteiger partial charge in [0, 0.05) is 43.4 Å². The predicted octanol–water partition coefficient (Wildman–Crippen LogP) is 2.82. The number of nitrogens with zero attached hydrogens (tertiary/aromatic N) is 2. The van der Waals surface area contributed by atoms with Crippen LogP contribution in [0.3, 0.4) is 0 Å². The van der Waals surface area contributed by atoms with Crippen LogP contribution in [0, 0.1) is 0 Å². The Labute approximate surface area is 136 Å². The fraction of sp³-hybridized carbons (Fsp3) is 0.294. The van der Waals surface area contributed by atoms with Gasteiger partial charge in [0.2, 0.25) is 0 Å². The van der Waals surface area contributed by atoms with Crippen LogP contribution >= 0.6 is 12.2 Å². The van der Waals surface area contributed by atoms with E-state index < -0.39 is 0 Å². The summed E-state index contributed by atoms with van der Waals surface area (Å²) in [6.07, 6.45) is 5.71. The molecule has 0 saturated carbocycles. The Bertz CT molecular complexity index is 630. The monoisotopic (exact) mass is 312 g/mol. The standard InChI is InChI=1S/C17H20N4S/c22-17(20-15-6-10-18-11-7-15)19-9-3-12-21-13-8-14-4-1-2-5-16(14)21/h1-2,4-7,10-11H,3,8-9,12-13H2,(H2,18,19,20,22). The van der Waals surface area contributed by atoms with Gasteiger partial charge in [-0.05, 0) is 48.8 Å². The fourth-order valence-electron chi connectivity index (χ4n) is 2.72. The molecule has 1 aromatic carbocycles. The van der Waals surface area contributed by atoms with E-state index in [1.54, 1.807) is 12.4 Å². The summed E-state index contributed by atoms with van der Waals surface area (Å²) in [7, 11) is 0. The Balaban J connectivity index is 1.39. The lowest BCUT2D eigenvalue weighted by Crippen LogP contribution is -2.32. The van der Waals surface area contributed by atoms with Gasteiger partial charge in [0.05, 0.1) is 0 Å². The number of benzene rings is 1. The quantitative estimate of drug-likeness (QED) is 0.656. The van der Waals surface area contributed by atoms with Crippen molar-refractivity contribution in [1.82, 2.24) is 10.3 Å². The third-order valence-corrected chi connectivity index (χ3v) is 4.06. The Hall–Kier alpha value is -2.14. The number of aromatic nitrogens is 1. The van der Waals surface area contributed by atoms with Gasteiger partial charge in [-0.15, -0.1) is 0 Å². The van der Waals surface area contributed by atoms with Crippen LogP contribution in [-0.2, 0) is 6.42 Å².